The zero-order valence-corrected chi connectivity index (χ0v) is 26.7. The van der Waals surface area contributed by atoms with Crippen molar-refractivity contribution in [1.29, 1.82) is 5.26 Å². The van der Waals surface area contributed by atoms with Crippen molar-refractivity contribution in [1.82, 2.24) is 9.13 Å². The van der Waals surface area contributed by atoms with E-state index in [1.165, 1.54) is 24.3 Å². The predicted molar refractivity (Wildman–Crippen MR) is 192 cm³/mol. The molecule has 2 aliphatic rings. The van der Waals surface area contributed by atoms with E-state index in [-0.39, 0.29) is 9.79 Å². The van der Waals surface area contributed by atoms with Crippen molar-refractivity contribution in [2.24, 2.45) is 4.99 Å². The summed E-state index contributed by atoms with van der Waals surface area (Å²) in [6.07, 6.45) is 2.19. The molecular weight excluding hydrogens is 625 g/mol. The van der Waals surface area contributed by atoms with Crippen molar-refractivity contribution in [3.05, 3.63) is 173 Å². The normalized spacial score (nSPS) is 13.3. The summed E-state index contributed by atoms with van der Waals surface area (Å²) in [5.41, 5.74) is 9.79. The molecule has 1 aliphatic carbocycles. The van der Waals surface area contributed by atoms with E-state index in [0.717, 1.165) is 77.2 Å². The van der Waals surface area contributed by atoms with Gasteiger partial charge in [0.1, 0.15) is 0 Å². The summed E-state index contributed by atoms with van der Waals surface area (Å²) in [5.74, 6) is 0. The Hall–Kier alpha value is -6.49. The van der Waals surface area contributed by atoms with Gasteiger partial charge in [-0.25, -0.2) is 13.4 Å². The highest BCUT2D eigenvalue weighted by atomic mass is 32.2. The maximum Gasteiger partial charge on any atom is 0.206 e. The third-order valence-electron chi connectivity index (χ3n) is 9.70. The number of hydrogen-bond donors (Lipinski definition) is 0. The zero-order valence-electron chi connectivity index (χ0n) is 25.9. The van der Waals surface area contributed by atoms with Crippen LogP contribution < -0.4 is 10.6 Å². The molecule has 0 saturated heterocycles. The minimum atomic E-state index is -3.79. The van der Waals surface area contributed by atoms with Gasteiger partial charge in [0.15, 0.2) is 0 Å². The maximum atomic E-state index is 13.6. The van der Waals surface area contributed by atoms with Crippen molar-refractivity contribution in [3.63, 3.8) is 0 Å². The summed E-state index contributed by atoms with van der Waals surface area (Å²) in [5, 5.41) is 14.6. The number of rotatable bonds is 4. The smallest absolute Gasteiger partial charge is 0.206 e. The fourth-order valence-corrected chi connectivity index (χ4v) is 8.77. The molecule has 0 fully saturated rings. The van der Waals surface area contributed by atoms with Crippen molar-refractivity contribution in [3.8, 4) is 17.4 Å². The van der Waals surface area contributed by atoms with E-state index in [1.807, 2.05) is 42.5 Å². The first kappa shape index (κ1) is 27.6. The first-order valence-electron chi connectivity index (χ1n) is 15.9. The number of benzene rings is 6. The van der Waals surface area contributed by atoms with E-state index in [2.05, 4.69) is 81.9 Å². The van der Waals surface area contributed by atoms with Gasteiger partial charge in [0.2, 0.25) is 9.84 Å². The molecule has 1 aliphatic heterocycles. The highest BCUT2D eigenvalue weighted by Crippen LogP contribution is 2.45. The van der Waals surface area contributed by atoms with Crippen molar-refractivity contribution in [2.45, 2.75) is 9.79 Å². The molecule has 0 N–H and O–H groups in total. The lowest BCUT2D eigenvalue weighted by Gasteiger charge is -2.13. The van der Waals surface area contributed by atoms with Crippen molar-refractivity contribution >= 4 is 54.2 Å². The Bertz CT molecular complexity index is 3040. The minimum Gasteiger partial charge on any atom is -0.309 e. The van der Waals surface area contributed by atoms with Crippen LogP contribution in [0.15, 0.2) is 160 Å². The number of fused-ring (bicyclic) bond motifs is 9. The summed E-state index contributed by atoms with van der Waals surface area (Å²) >= 11 is 0. The molecule has 2 aromatic heterocycles. The molecule has 0 amide bonds. The topological polar surface area (TPSA) is 80.1 Å². The van der Waals surface area contributed by atoms with Crippen LogP contribution in [0.2, 0.25) is 0 Å². The van der Waals surface area contributed by atoms with Gasteiger partial charge in [-0.3, -0.25) is 0 Å². The molecular formula is C42H24N4O2S. The van der Waals surface area contributed by atoms with Gasteiger partial charge in [-0.1, -0.05) is 54.6 Å². The van der Waals surface area contributed by atoms with Gasteiger partial charge in [-0.05, 0) is 91.0 Å². The molecule has 0 saturated carbocycles. The lowest BCUT2D eigenvalue weighted by molar-refractivity contribution is 0.596. The molecule has 7 heteroatoms. The zero-order chi connectivity index (χ0) is 32.9. The molecule has 10 rings (SSSR count). The van der Waals surface area contributed by atoms with E-state index in [4.69, 9.17) is 4.99 Å². The van der Waals surface area contributed by atoms with Gasteiger partial charge in [0.05, 0.1) is 54.7 Å². The summed E-state index contributed by atoms with van der Waals surface area (Å²) in [4.78, 5) is 5.34. The van der Waals surface area contributed by atoms with Crippen LogP contribution in [0.3, 0.4) is 0 Å². The summed E-state index contributed by atoms with van der Waals surface area (Å²) < 4.78 is 31.8. The quantitative estimate of drug-likeness (QED) is 0.197. The molecule has 0 spiro atoms. The predicted octanol–water partition coefficient (Wildman–Crippen LogP) is 7.62. The van der Waals surface area contributed by atoms with E-state index in [0.29, 0.717) is 5.56 Å². The first-order valence-corrected chi connectivity index (χ1v) is 17.4. The van der Waals surface area contributed by atoms with Crippen LogP contribution in [0.1, 0.15) is 16.8 Å². The van der Waals surface area contributed by atoms with E-state index < -0.39 is 9.84 Å². The van der Waals surface area contributed by atoms with Crippen LogP contribution in [-0.4, -0.2) is 17.6 Å². The number of nitriles is 1. The average Bonchev–Trinajstić information content (AvgIpc) is 3.87. The number of nitrogens with zero attached hydrogens (tertiary/aromatic N) is 4. The number of para-hydroxylation sites is 3. The van der Waals surface area contributed by atoms with Crippen molar-refractivity contribution < 1.29 is 8.42 Å². The third-order valence-corrected chi connectivity index (χ3v) is 11.5. The second-order valence-corrected chi connectivity index (χ2v) is 14.3. The van der Waals surface area contributed by atoms with Crippen LogP contribution in [0.25, 0.3) is 55.7 Å². The molecule has 6 nitrogen and oxygen atoms in total. The molecule has 3 heterocycles. The summed E-state index contributed by atoms with van der Waals surface area (Å²) in [6, 6.07) is 46.9. The molecule has 0 bridgehead atoms. The van der Waals surface area contributed by atoms with Gasteiger partial charge in [0.25, 0.3) is 0 Å². The Morgan fingerprint density at radius 2 is 1.22 bits per heavy atom. The second kappa shape index (κ2) is 10.0. The molecule has 0 atom stereocenters. The standard InChI is InChI=1S/C42H24N4O2S/c43-25-26-14-18-29(19-15-26)49(47,48)30-20-16-28(17-21-30)46-40-23-33-31-10-5-7-13-38(31)45(27-8-2-1-3-9-27)39(33)24-34(40)35-22-37-41(42(35)46)32-11-4-6-12-36(32)44-37/h1-24H. The molecule has 0 radical (unpaired) electrons. The fraction of sp³-hybridized carbons (Fsp3) is 0. The van der Waals surface area contributed by atoms with Gasteiger partial charge < -0.3 is 9.13 Å². The number of sulfone groups is 1. The lowest BCUT2D eigenvalue weighted by atomic mass is 10.1. The van der Waals surface area contributed by atoms with E-state index in [9.17, 15) is 13.7 Å². The molecule has 0 unspecified atom stereocenters. The van der Waals surface area contributed by atoms with Crippen molar-refractivity contribution in [2.75, 3.05) is 0 Å². The van der Waals surface area contributed by atoms with E-state index in [1.54, 1.807) is 12.1 Å². The SMILES string of the molecule is N#Cc1ccc(S(=O)(=O)c2ccc(-n3c4c(c5cc6c(cc53)c3ccccc3n6-c3ccccc3)C=C3N=c5ccccc5=C34)cc2)cc1. The van der Waals surface area contributed by atoms with Crippen LogP contribution in [0.5, 0.6) is 0 Å². The largest absolute Gasteiger partial charge is 0.309 e. The van der Waals surface area contributed by atoms with Gasteiger partial charge >= 0.3 is 0 Å². The lowest BCUT2D eigenvalue weighted by Crippen LogP contribution is -2.22. The Kier molecular flexibility index (Phi) is 5.64. The van der Waals surface area contributed by atoms with Crippen LogP contribution >= 0.6 is 0 Å². The van der Waals surface area contributed by atoms with Crippen LogP contribution in [0.4, 0.5) is 0 Å². The minimum absolute atomic E-state index is 0.150. The van der Waals surface area contributed by atoms with Crippen LogP contribution in [0, 0.1) is 11.3 Å². The highest BCUT2D eigenvalue weighted by Gasteiger charge is 2.31. The molecule has 49 heavy (non-hydrogen) atoms. The third kappa shape index (κ3) is 3.86. The molecule has 6 aromatic carbocycles. The van der Waals surface area contributed by atoms with Gasteiger partial charge in [-0.15, -0.1) is 0 Å². The second-order valence-electron chi connectivity index (χ2n) is 12.3. The molecule has 230 valence electrons. The Morgan fingerprint density at radius 1 is 0.592 bits per heavy atom. The summed E-state index contributed by atoms with van der Waals surface area (Å²) in [7, 11) is -3.79. The van der Waals surface area contributed by atoms with E-state index >= 15 is 0 Å². The first-order chi connectivity index (χ1) is 24.0. The highest BCUT2D eigenvalue weighted by molar-refractivity contribution is 7.91. The Labute approximate surface area is 281 Å². The summed E-state index contributed by atoms with van der Waals surface area (Å²) in [6.45, 7) is 0. The van der Waals surface area contributed by atoms with Gasteiger partial charge in [0, 0.05) is 43.9 Å². The number of hydrogen-bond acceptors (Lipinski definition) is 4. The molecule has 8 aromatic rings. The van der Waals surface area contributed by atoms with Crippen LogP contribution in [-0.2, 0) is 9.84 Å². The maximum absolute atomic E-state index is 13.6. The number of aromatic nitrogens is 2. The number of allylic oxidation sites excluding steroid dienone is 1. The van der Waals surface area contributed by atoms with Gasteiger partial charge in [-0.2, -0.15) is 5.26 Å². The Morgan fingerprint density at radius 3 is 2.00 bits per heavy atom. The Balaban J connectivity index is 1.25. The fourth-order valence-electron chi connectivity index (χ4n) is 7.50. The monoisotopic (exact) mass is 648 g/mol. The average molecular weight is 649 g/mol.